The van der Waals surface area contributed by atoms with Crippen LogP contribution >= 0.6 is 0 Å². The molecule has 4 atom stereocenters. The van der Waals surface area contributed by atoms with Crippen LogP contribution in [0.25, 0.3) is 0 Å². The first-order valence-electron chi connectivity index (χ1n) is 7.62. The van der Waals surface area contributed by atoms with E-state index in [1.165, 1.54) is 5.56 Å². The van der Waals surface area contributed by atoms with Crippen molar-refractivity contribution in [2.45, 2.75) is 38.6 Å². The van der Waals surface area contributed by atoms with E-state index < -0.39 is 11.9 Å². The third-order valence-corrected chi connectivity index (χ3v) is 5.01. The van der Waals surface area contributed by atoms with Crippen LogP contribution in [0.1, 0.15) is 30.4 Å². The molecule has 4 unspecified atom stereocenters. The van der Waals surface area contributed by atoms with Gasteiger partial charge in [0, 0.05) is 6.04 Å². The molecule has 0 saturated heterocycles. The fourth-order valence-electron chi connectivity index (χ4n) is 3.98. The molecule has 2 aliphatic rings. The van der Waals surface area contributed by atoms with Gasteiger partial charge in [0.25, 0.3) is 0 Å². The Kier molecular flexibility index (Phi) is 3.70. The molecule has 0 aliphatic heterocycles. The van der Waals surface area contributed by atoms with Crippen molar-refractivity contribution in [2.24, 2.45) is 17.8 Å². The molecule has 2 aliphatic carbocycles. The van der Waals surface area contributed by atoms with E-state index in [2.05, 4.69) is 5.32 Å². The summed E-state index contributed by atoms with van der Waals surface area (Å²) in [4.78, 5) is 23.6. The van der Waals surface area contributed by atoms with Gasteiger partial charge in [0.05, 0.1) is 12.3 Å². The van der Waals surface area contributed by atoms with E-state index in [0.717, 1.165) is 24.8 Å². The summed E-state index contributed by atoms with van der Waals surface area (Å²) >= 11 is 0. The van der Waals surface area contributed by atoms with E-state index in [-0.39, 0.29) is 17.9 Å². The molecule has 0 heterocycles. The number of carbonyl (C=O) groups excluding carboxylic acids is 1. The minimum atomic E-state index is -0.761. The maximum Gasteiger partial charge on any atom is 0.308 e. The van der Waals surface area contributed by atoms with Crippen molar-refractivity contribution in [1.29, 1.82) is 0 Å². The second kappa shape index (κ2) is 5.51. The molecule has 0 radical (unpaired) electrons. The number of rotatable bonds is 4. The van der Waals surface area contributed by atoms with Crippen molar-refractivity contribution in [3.63, 3.8) is 0 Å². The largest absolute Gasteiger partial charge is 0.481 e. The normalized spacial score (nSPS) is 30.3. The maximum absolute atomic E-state index is 12.2. The van der Waals surface area contributed by atoms with Crippen LogP contribution < -0.4 is 5.32 Å². The van der Waals surface area contributed by atoms with Gasteiger partial charge in [0.2, 0.25) is 5.91 Å². The van der Waals surface area contributed by atoms with Crippen molar-refractivity contribution in [3.05, 3.63) is 35.4 Å². The second-order valence-corrected chi connectivity index (χ2v) is 6.45. The van der Waals surface area contributed by atoms with Crippen LogP contribution in [0.15, 0.2) is 24.3 Å². The van der Waals surface area contributed by atoms with Crippen molar-refractivity contribution in [3.8, 4) is 0 Å². The lowest BCUT2D eigenvalue weighted by molar-refractivity contribution is -0.144. The standard InChI is InChI=1S/C17H21NO3/c1-10-2-4-11(5-3-10)8-14(19)18-16-13-7-6-12(9-13)15(16)17(20)21/h2-5,12-13,15-16H,6-9H2,1H3,(H,18,19)(H,20,21). The van der Waals surface area contributed by atoms with Crippen molar-refractivity contribution >= 4 is 11.9 Å². The van der Waals surface area contributed by atoms with Crippen LogP contribution in [-0.4, -0.2) is 23.0 Å². The molecule has 4 nitrogen and oxygen atoms in total. The van der Waals surface area contributed by atoms with E-state index in [0.29, 0.717) is 12.3 Å². The number of carboxylic acids is 1. The number of hydrogen-bond acceptors (Lipinski definition) is 2. The highest BCUT2D eigenvalue weighted by atomic mass is 16.4. The Hall–Kier alpha value is -1.84. The Morgan fingerprint density at radius 1 is 1.19 bits per heavy atom. The van der Waals surface area contributed by atoms with E-state index in [9.17, 15) is 14.7 Å². The van der Waals surface area contributed by atoms with Crippen LogP contribution in [0.3, 0.4) is 0 Å². The van der Waals surface area contributed by atoms with Crippen LogP contribution in [0, 0.1) is 24.7 Å². The zero-order valence-electron chi connectivity index (χ0n) is 12.2. The van der Waals surface area contributed by atoms with Gasteiger partial charge in [-0.3, -0.25) is 9.59 Å². The molecule has 21 heavy (non-hydrogen) atoms. The molecule has 0 spiro atoms. The molecular formula is C17H21NO3. The van der Waals surface area contributed by atoms with Crippen LogP contribution in [0.5, 0.6) is 0 Å². The average molecular weight is 287 g/mol. The van der Waals surface area contributed by atoms with Gasteiger partial charge in [0.1, 0.15) is 0 Å². The van der Waals surface area contributed by atoms with Crippen molar-refractivity contribution in [1.82, 2.24) is 5.32 Å². The first-order valence-corrected chi connectivity index (χ1v) is 7.62. The second-order valence-electron chi connectivity index (χ2n) is 6.45. The summed E-state index contributed by atoms with van der Waals surface area (Å²) in [7, 11) is 0. The van der Waals surface area contributed by atoms with E-state index >= 15 is 0 Å². The number of benzene rings is 1. The Balaban J connectivity index is 1.64. The third-order valence-electron chi connectivity index (χ3n) is 5.01. The summed E-state index contributed by atoms with van der Waals surface area (Å²) in [5, 5.41) is 12.4. The summed E-state index contributed by atoms with van der Waals surface area (Å²) in [6.45, 7) is 2.01. The fourth-order valence-corrected chi connectivity index (χ4v) is 3.98. The molecule has 2 saturated carbocycles. The van der Waals surface area contributed by atoms with Crippen molar-refractivity contribution in [2.75, 3.05) is 0 Å². The summed E-state index contributed by atoms with van der Waals surface area (Å²) in [5.41, 5.74) is 2.13. The SMILES string of the molecule is Cc1ccc(CC(=O)NC2C3CCC(C3)C2C(=O)O)cc1. The van der Waals surface area contributed by atoms with Gasteiger partial charge in [0.15, 0.2) is 0 Å². The lowest BCUT2D eigenvalue weighted by Crippen LogP contribution is -2.47. The third kappa shape index (κ3) is 2.80. The predicted molar refractivity (Wildman–Crippen MR) is 78.8 cm³/mol. The number of carboxylic acid groups (broad SMARTS) is 1. The van der Waals surface area contributed by atoms with Crippen LogP contribution in [-0.2, 0) is 16.0 Å². The fraction of sp³-hybridized carbons (Fsp3) is 0.529. The monoisotopic (exact) mass is 287 g/mol. The first-order chi connectivity index (χ1) is 10.0. The highest BCUT2D eigenvalue weighted by molar-refractivity contribution is 5.80. The van der Waals surface area contributed by atoms with Gasteiger partial charge >= 0.3 is 5.97 Å². The topological polar surface area (TPSA) is 66.4 Å². The lowest BCUT2D eigenvalue weighted by Gasteiger charge is -2.28. The van der Waals surface area contributed by atoms with Gasteiger partial charge in [-0.1, -0.05) is 29.8 Å². The predicted octanol–water partition coefficient (Wildman–Crippen LogP) is 2.15. The lowest BCUT2D eigenvalue weighted by atomic mass is 9.84. The maximum atomic E-state index is 12.2. The van der Waals surface area contributed by atoms with E-state index in [1.807, 2.05) is 31.2 Å². The highest BCUT2D eigenvalue weighted by Gasteiger charge is 2.51. The van der Waals surface area contributed by atoms with Crippen molar-refractivity contribution < 1.29 is 14.7 Å². The molecule has 0 aromatic heterocycles. The quantitative estimate of drug-likeness (QED) is 0.891. The number of nitrogens with one attached hydrogen (secondary N) is 1. The molecule has 4 heteroatoms. The molecule has 2 N–H and O–H groups in total. The number of aryl methyl sites for hydroxylation is 1. The Morgan fingerprint density at radius 3 is 2.52 bits per heavy atom. The highest BCUT2D eigenvalue weighted by Crippen LogP contribution is 2.48. The van der Waals surface area contributed by atoms with E-state index in [4.69, 9.17) is 0 Å². The van der Waals surface area contributed by atoms with Gasteiger partial charge in [-0.25, -0.2) is 0 Å². The van der Waals surface area contributed by atoms with Gasteiger partial charge in [-0.15, -0.1) is 0 Å². The summed E-state index contributed by atoms with van der Waals surface area (Å²) in [5.74, 6) is -0.633. The first kappa shape index (κ1) is 14.1. The zero-order chi connectivity index (χ0) is 15.0. The average Bonchev–Trinajstić information content (AvgIpc) is 3.02. The smallest absolute Gasteiger partial charge is 0.308 e. The Morgan fingerprint density at radius 2 is 1.86 bits per heavy atom. The minimum absolute atomic E-state index is 0.0670. The molecule has 1 aromatic rings. The number of amides is 1. The molecule has 2 fully saturated rings. The van der Waals surface area contributed by atoms with Crippen LogP contribution in [0.4, 0.5) is 0 Å². The minimum Gasteiger partial charge on any atom is -0.481 e. The Labute approximate surface area is 124 Å². The zero-order valence-corrected chi connectivity index (χ0v) is 12.2. The molecular weight excluding hydrogens is 266 g/mol. The van der Waals surface area contributed by atoms with Gasteiger partial charge < -0.3 is 10.4 Å². The summed E-state index contributed by atoms with van der Waals surface area (Å²) < 4.78 is 0. The number of fused-ring (bicyclic) bond motifs is 2. The van der Waals surface area contributed by atoms with Crippen LogP contribution in [0.2, 0.25) is 0 Å². The Bertz CT molecular complexity index is 552. The number of aliphatic carboxylic acids is 1. The molecule has 112 valence electrons. The van der Waals surface area contributed by atoms with Gasteiger partial charge in [-0.05, 0) is 43.6 Å². The molecule has 1 amide bonds. The molecule has 2 bridgehead atoms. The number of carbonyl (C=O) groups is 2. The van der Waals surface area contributed by atoms with Gasteiger partial charge in [-0.2, -0.15) is 0 Å². The summed E-state index contributed by atoms with van der Waals surface area (Å²) in [6.07, 6.45) is 3.31. The number of hydrogen-bond donors (Lipinski definition) is 2. The summed E-state index contributed by atoms with van der Waals surface area (Å²) in [6, 6.07) is 7.69. The molecule has 1 aromatic carbocycles. The van der Waals surface area contributed by atoms with E-state index in [1.54, 1.807) is 0 Å². The molecule has 3 rings (SSSR count).